The lowest BCUT2D eigenvalue weighted by molar-refractivity contribution is -0.118. The SMILES string of the molecule is CC(=O)NCCNC(=O)c1cc(C)c(Br)s1. The molecule has 0 unspecified atom stereocenters. The van der Waals surface area contributed by atoms with E-state index >= 15 is 0 Å². The molecule has 6 heteroatoms. The topological polar surface area (TPSA) is 58.2 Å². The number of amides is 2. The van der Waals surface area contributed by atoms with Gasteiger partial charge in [0.2, 0.25) is 5.91 Å². The van der Waals surface area contributed by atoms with Crippen molar-refractivity contribution in [3.63, 3.8) is 0 Å². The molecule has 0 bridgehead atoms. The Bertz CT molecular complexity index is 384. The highest BCUT2D eigenvalue weighted by atomic mass is 79.9. The van der Waals surface area contributed by atoms with Crippen LogP contribution in [0.1, 0.15) is 22.2 Å². The molecule has 4 nitrogen and oxygen atoms in total. The first kappa shape index (κ1) is 13.2. The highest BCUT2D eigenvalue weighted by Crippen LogP contribution is 2.26. The van der Waals surface area contributed by atoms with E-state index in [1.54, 1.807) is 0 Å². The molecule has 0 fully saturated rings. The lowest BCUT2D eigenvalue weighted by Gasteiger charge is -2.03. The van der Waals surface area contributed by atoms with Crippen LogP contribution < -0.4 is 10.6 Å². The quantitative estimate of drug-likeness (QED) is 0.832. The van der Waals surface area contributed by atoms with Crippen LogP contribution in [0, 0.1) is 6.92 Å². The van der Waals surface area contributed by atoms with Crippen LogP contribution in [0.25, 0.3) is 0 Å². The molecule has 16 heavy (non-hydrogen) atoms. The zero-order valence-electron chi connectivity index (χ0n) is 9.09. The Kier molecular flexibility index (Phi) is 4.95. The van der Waals surface area contributed by atoms with Crippen molar-refractivity contribution in [2.24, 2.45) is 0 Å². The molecule has 88 valence electrons. The fraction of sp³-hybridized carbons (Fsp3) is 0.400. The number of nitrogens with one attached hydrogen (secondary N) is 2. The van der Waals surface area contributed by atoms with Gasteiger partial charge < -0.3 is 10.6 Å². The van der Waals surface area contributed by atoms with Gasteiger partial charge in [-0.25, -0.2) is 0 Å². The molecule has 0 aliphatic carbocycles. The van der Waals surface area contributed by atoms with E-state index in [2.05, 4.69) is 26.6 Å². The van der Waals surface area contributed by atoms with Crippen LogP contribution in [-0.4, -0.2) is 24.9 Å². The second-order valence-electron chi connectivity index (χ2n) is 3.31. The third-order valence-corrected chi connectivity index (χ3v) is 4.00. The summed E-state index contributed by atoms with van der Waals surface area (Å²) in [4.78, 5) is 22.9. The molecule has 0 atom stereocenters. The Balaban J connectivity index is 2.38. The Morgan fingerprint density at radius 1 is 1.38 bits per heavy atom. The summed E-state index contributed by atoms with van der Waals surface area (Å²) in [6.45, 7) is 4.27. The highest BCUT2D eigenvalue weighted by Gasteiger charge is 2.10. The fourth-order valence-electron chi connectivity index (χ4n) is 1.07. The van der Waals surface area contributed by atoms with Gasteiger partial charge in [-0.2, -0.15) is 0 Å². The average Bonchev–Trinajstić information content (AvgIpc) is 2.54. The van der Waals surface area contributed by atoms with Crippen LogP contribution in [0.2, 0.25) is 0 Å². The Labute approximate surface area is 107 Å². The van der Waals surface area contributed by atoms with E-state index in [-0.39, 0.29) is 11.8 Å². The first-order chi connectivity index (χ1) is 7.50. The second kappa shape index (κ2) is 6.00. The summed E-state index contributed by atoms with van der Waals surface area (Å²) in [6.07, 6.45) is 0. The van der Waals surface area contributed by atoms with Crippen LogP contribution in [0.15, 0.2) is 9.85 Å². The third kappa shape index (κ3) is 3.94. The Morgan fingerprint density at radius 2 is 2.00 bits per heavy atom. The van der Waals surface area contributed by atoms with E-state index < -0.39 is 0 Å². The molecular weight excluding hydrogens is 292 g/mol. The lowest BCUT2D eigenvalue weighted by atomic mass is 10.3. The van der Waals surface area contributed by atoms with Gasteiger partial charge in [0, 0.05) is 20.0 Å². The molecule has 2 N–H and O–H groups in total. The maximum absolute atomic E-state index is 11.6. The fourth-order valence-corrected chi connectivity index (χ4v) is 2.52. The predicted octanol–water partition coefficient (Wildman–Crippen LogP) is 1.68. The number of hydrogen-bond donors (Lipinski definition) is 2. The van der Waals surface area contributed by atoms with E-state index in [1.807, 2.05) is 13.0 Å². The molecule has 1 heterocycles. The number of halogens is 1. The number of aryl methyl sites for hydroxylation is 1. The monoisotopic (exact) mass is 304 g/mol. The normalized spacial score (nSPS) is 9.94. The van der Waals surface area contributed by atoms with Crippen molar-refractivity contribution in [2.45, 2.75) is 13.8 Å². The van der Waals surface area contributed by atoms with Crippen molar-refractivity contribution in [1.29, 1.82) is 0 Å². The zero-order chi connectivity index (χ0) is 12.1. The van der Waals surface area contributed by atoms with Gasteiger partial charge in [-0.05, 0) is 34.5 Å². The van der Waals surface area contributed by atoms with Crippen molar-refractivity contribution in [2.75, 3.05) is 13.1 Å². The third-order valence-electron chi connectivity index (χ3n) is 1.87. The van der Waals surface area contributed by atoms with E-state index in [1.165, 1.54) is 18.3 Å². The van der Waals surface area contributed by atoms with Gasteiger partial charge in [0.05, 0.1) is 8.66 Å². The van der Waals surface area contributed by atoms with Gasteiger partial charge in [-0.3, -0.25) is 9.59 Å². The highest BCUT2D eigenvalue weighted by molar-refractivity contribution is 9.11. The molecule has 0 radical (unpaired) electrons. The van der Waals surface area contributed by atoms with Crippen LogP contribution in [0.4, 0.5) is 0 Å². The molecule has 0 aliphatic rings. The molecule has 0 aliphatic heterocycles. The minimum atomic E-state index is -0.107. The number of hydrogen-bond acceptors (Lipinski definition) is 3. The van der Waals surface area contributed by atoms with Crippen LogP contribution in [0.3, 0.4) is 0 Å². The largest absolute Gasteiger partial charge is 0.355 e. The van der Waals surface area contributed by atoms with Gasteiger partial charge in [-0.15, -0.1) is 11.3 Å². The van der Waals surface area contributed by atoms with Gasteiger partial charge >= 0.3 is 0 Å². The zero-order valence-corrected chi connectivity index (χ0v) is 11.5. The molecule has 1 aromatic heterocycles. The van der Waals surface area contributed by atoms with Crippen molar-refractivity contribution in [1.82, 2.24) is 10.6 Å². The van der Waals surface area contributed by atoms with Gasteiger partial charge in [0.15, 0.2) is 0 Å². The van der Waals surface area contributed by atoms with Crippen LogP contribution >= 0.6 is 27.3 Å². The van der Waals surface area contributed by atoms with Gasteiger partial charge in [0.1, 0.15) is 0 Å². The summed E-state index contributed by atoms with van der Waals surface area (Å²) in [7, 11) is 0. The van der Waals surface area contributed by atoms with E-state index in [0.29, 0.717) is 18.0 Å². The minimum absolute atomic E-state index is 0.0936. The van der Waals surface area contributed by atoms with Crippen molar-refractivity contribution in [3.05, 3.63) is 20.3 Å². The lowest BCUT2D eigenvalue weighted by Crippen LogP contribution is -2.33. The number of rotatable bonds is 4. The maximum Gasteiger partial charge on any atom is 0.261 e. The van der Waals surface area contributed by atoms with Crippen molar-refractivity contribution >= 4 is 39.1 Å². The molecule has 0 spiro atoms. The molecule has 2 amide bonds. The first-order valence-corrected chi connectivity index (χ1v) is 6.40. The maximum atomic E-state index is 11.6. The van der Waals surface area contributed by atoms with E-state index in [4.69, 9.17) is 0 Å². The number of carbonyl (C=O) groups is 2. The summed E-state index contributed by atoms with van der Waals surface area (Å²) in [6, 6.07) is 1.84. The average molecular weight is 305 g/mol. The van der Waals surface area contributed by atoms with Gasteiger partial charge in [0.25, 0.3) is 5.91 Å². The summed E-state index contributed by atoms with van der Waals surface area (Å²) >= 11 is 4.77. The summed E-state index contributed by atoms with van der Waals surface area (Å²) in [5.41, 5.74) is 1.05. The predicted molar refractivity (Wildman–Crippen MR) is 67.8 cm³/mol. The Morgan fingerprint density at radius 3 is 2.50 bits per heavy atom. The number of carbonyl (C=O) groups excluding carboxylic acids is 2. The first-order valence-electron chi connectivity index (χ1n) is 4.79. The minimum Gasteiger partial charge on any atom is -0.355 e. The second-order valence-corrected chi connectivity index (χ2v) is 5.68. The smallest absolute Gasteiger partial charge is 0.261 e. The summed E-state index contributed by atoms with van der Waals surface area (Å²) in [5, 5.41) is 5.34. The van der Waals surface area contributed by atoms with E-state index in [0.717, 1.165) is 9.35 Å². The molecular formula is C10H13BrN2O2S. The van der Waals surface area contributed by atoms with E-state index in [9.17, 15) is 9.59 Å². The summed E-state index contributed by atoms with van der Waals surface area (Å²) in [5.74, 6) is -0.201. The van der Waals surface area contributed by atoms with Gasteiger partial charge in [-0.1, -0.05) is 0 Å². The van der Waals surface area contributed by atoms with Crippen LogP contribution in [-0.2, 0) is 4.79 Å². The standard InChI is InChI=1S/C10H13BrN2O2S/c1-6-5-8(16-9(6)11)10(15)13-4-3-12-7(2)14/h5H,3-4H2,1-2H3,(H,12,14)(H,13,15). The molecule has 0 aromatic carbocycles. The molecule has 1 aromatic rings. The Hall–Kier alpha value is -0.880. The van der Waals surface area contributed by atoms with Crippen molar-refractivity contribution < 1.29 is 9.59 Å². The van der Waals surface area contributed by atoms with Crippen LogP contribution in [0.5, 0.6) is 0 Å². The molecule has 0 saturated carbocycles. The number of thiophene rings is 1. The summed E-state index contributed by atoms with van der Waals surface area (Å²) < 4.78 is 0.972. The molecule has 0 saturated heterocycles. The van der Waals surface area contributed by atoms with Crippen molar-refractivity contribution in [3.8, 4) is 0 Å². The molecule has 1 rings (SSSR count).